The number of hydrogen-bond acceptors (Lipinski definition) is 7. The fourth-order valence-corrected chi connectivity index (χ4v) is 4.82. The number of anilines is 3. The number of piperazine rings is 1. The summed E-state index contributed by atoms with van der Waals surface area (Å²) in [7, 11) is 0. The van der Waals surface area contributed by atoms with Crippen LogP contribution in [0, 0.1) is 0 Å². The van der Waals surface area contributed by atoms with Gasteiger partial charge in [-0.05, 0) is 54.9 Å². The summed E-state index contributed by atoms with van der Waals surface area (Å²) in [5, 5.41) is 8.35. The molecule has 9 nitrogen and oxygen atoms in total. The molecule has 0 atom stereocenters. The second-order valence-corrected chi connectivity index (χ2v) is 9.90. The Morgan fingerprint density at radius 1 is 1.02 bits per heavy atom. The minimum atomic E-state index is -4.54. The summed E-state index contributed by atoms with van der Waals surface area (Å²) in [5.74, 6) is 2.18. The summed E-state index contributed by atoms with van der Waals surface area (Å²) in [6.45, 7) is 7.62. The van der Waals surface area contributed by atoms with Crippen LogP contribution in [0.3, 0.4) is 0 Å². The number of carbonyl (C=O) groups excluding carboxylic acids is 1. The molecule has 41 heavy (non-hydrogen) atoms. The number of nitrogens with one attached hydrogen (secondary N) is 3. The number of alkyl halides is 3. The molecule has 218 valence electrons. The number of carbonyl (C=O) groups is 1. The normalized spacial score (nSPS) is 16.1. The Bertz CT molecular complexity index is 1340. The van der Waals surface area contributed by atoms with Gasteiger partial charge in [0.1, 0.15) is 5.75 Å². The third-order valence-corrected chi connectivity index (χ3v) is 7.05. The number of halogens is 3. The highest BCUT2D eigenvalue weighted by Crippen LogP contribution is 2.38. The zero-order valence-electron chi connectivity index (χ0n) is 22.8. The van der Waals surface area contributed by atoms with Crippen LogP contribution in [0.1, 0.15) is 24.5 Å². The van der Waals surface area contributed by atoms with Gasteiger partial charge < -0.3 is 30.3 Å². The maximum Gasteiger partial charge on any atom is 0.416 e. The fourth-order valence-electron chi connectivity index (χ4n) is 4.82. The summed E-state index contributed by atoms with van der Waals surface area (Å²) >= 11 is 0. The largest absolute Gasteiger partial charge is 0.486 e. The lowest BCUT2D eigenvalue weighted by Gasteiger charge is -2.34. The average Bonchev–Trinajstić information content (AvgIpc) is 3.21. The van der Waals surface area contributed by atoms with E-state index in [9.17, 15) is 18.0 Å². The van der Waals surface area contributed by atoms with E-state index >= 15 is 0 Å². The Balaban J connectivity index is 1.20. The number of hydrogen-bond donors (Lipinski definition) is 3. The predicted octanol–water partition coefficient (Wildman–Crippen LogP) is 5.87. The molecule has 5 rings (SSSR count). The molecule has 12 heteroatoms. The van der Waals surface area contributed by atoms with Crippen molar-refractivity contribution in [3.8, 4) is 17.2 Å². The lowest BCUT2D eigenvalue weighted by Crippen LogP contribution is -2.45. The highest BCUT2D eigenvalue weighted by molar-refractivity contribution is 5.99. The van der Waals surface area contributed by atoms with Gasteiger partial charge in [-0.25, -0.2) is 9.78 Å². The smallest absolute Gasteiger partial charge is 0.416 e. The third-order valence-electron chi connectivity index (χ3n) is 7.05. The molecule has 2 amide bonds. The van der Waals surface area contributed by atoms with Gasteiger partial charge in [0.05, 0.1) is 12.2 Å². The maximum atomic E-state index is 13.9. The summed E-state index contributed by atoms with van der Waals surface area (Å²) in [6, 6.07) is 11.6. The highest BCUT2D eigenvalue weighted by Gasteiger charge is 2.34. The van der Waals surface area contributed by atoms with Crippen molar-refractivity contribution in [2.24, 2.45) is 0 Å². The number of urea groups is 1. The van der Waals surface area contributed by atoms with Crippen LogP contribution in [0.5, 0.6) is 17.2 Å². The van der Waals surface area contributed by atoms with Crippen molar-refractivity contribution < 1.29 is 27.4 Å². The van der Waals surface area contributed by atoms with Gasteiger partial charge in [-0.2, -0.15) is 13.2 Å². The van der Waals surface area contributed by atoms with Gasteiger partial charge in [0.25, 0.3) is 0 Å². The van der Waals surface area contributed by atoms with E-state index in [4.69, 9.17) is 9.47 Å². The summed E-state index contributed by atoms with van der Waals surface area (Å²) in [6.07, 6.45) is -2.07. The number of aromatic nitrogens is 1. The minimum Gasteiger partial charge on any atom is -0.486 e. The zero-order chi connectivity index (χ0) is 28.8. The van der Waals surface area contributed by atoms with Crippen molar-refractivity contribution in [1.29, 1.82) is 0 Å². The van der Waals surface area contributed by atoms with E-state index in [2.05, 4.69) is 32.8 Å². The monoisotopic (exact) mass is 570 g/mol. The van der Waals surface area contributed by atoms with E-state index in [-0.39, 0.29) is 17.8 Å². The van der Waals surface area contributed by atoms with Crippen LogP contribution in [-0.4, -0.2) is 66.7 Å². The van der Waals surface area contributed by atoms with Crippen molar-refractivity contribution in [2.75, 3.05) is 61.8 Å². The van der Waals surface area contributed by atoms with Gasteiger partial charge in [0, 0.05) is 62.9 Å². The first-order chi connectivity index (χ1) is 19.8. The number of pyridine rings is 1. The molecule has 2 aliphatic heterocycles. The van der Waals surface area contributed by atoms with E-state index in [0.717, 1.165) is 38.7 Å². The third kappa shape index (κ3) is 7.39. The number of rotatable bonds is 7. The van der Waals surface area contributed by atoms with Gasteiger partial charge in [0.15, 0.2) is 11.6 Å². The molecule has 0 saturated carbocycles. The van der Waals surface area contributed by atoms with E-state index in [0.29, 0.717) is 48.5 Å². The van der Waals surface area contributed by atoms with Gasteiger partial charge in [-0.3, -0.25) is 4.90 Å². The van der Waals surface area contributed by atoms with Crippen LogP contribution >= 0.6 is 0 Å². The first-order valence-electron chi connectivity index (χ1n) is 13.6. The minimum absolute atomic E-state index is 0.0568. The Morgan fingerprint density at radius 3 is 2.46 bits per heavy atom. The average molecular weight is 571 g/mol. The van der Waals surface area contributed by atoms with Crippen LogP contribution in [0.4, 0.5) is 35.2 Å². The quantitative estimate of drug-likeness (QED) is 0.327. The maximum absolute atomic E-state index is 13.9. The number of ether oxygens (including phenoxy) is 2. The summed E-state index contributed by atoms with van der Waals surface area (Å²) < 4.78 is 53.5. The molecule has 1 aromatic heterocycles. The molecule has 0 bridgehead atoms. The molecule has 3 heterocycles. The molecular formula is C29H33F3N6O3. The highest BCUT2D eigenvalue weighted by atomic mass is 19.4. The predicted molar refractivity (Wildman–Crippen MR) is 151 cm³/mol. The second-order valence-electron chi connectivity index (χ2n) is 9.90. The van der Waals surface area contributed by atoms with Gasteiger partial charge >= 0.3 is 12.2 Å². The van der Waals surface area contributed by atoms with Crippen LogP contribution in [0.15, 0.2) is 54.7 Å². The Morgan fingerprint density at radius 2 is 1.73 bits per heavy atom. The van der Waals surface area contributed by atoms with Crippen molar-refractivity contribution in [3.05, 3.63) is 65.9 Å². The van der Waals surface area contributed by atoms with Crippen molar-refractivity contribution in [3.63, 3.8) is 0 Å². The molecule has 3 aromatic rings. The van der Waals surface area contributed by atoms with Crippen molar-refractivity contribution in [1.82, 2.24) is 14.8 Å². The Labute approximate surface area is 236 Å². The van der Waals surface area contributed by atoms with Crippen LogP contribution in [-0.2, 0) is 12.7 Å². The molecule has 0 radical (unpaired) electrons. The number of benzene rings is 2. The van der Waals surface area contributed by atoms with E-state index in [1.54, 1.807) is 36.5 Å². The first kappa shape index (κ1) is 28.5. The van der Waals surface area contributed by atoms with E-state index in [1.807, 2.05) is 4.90 Å². The van der Waals surface area contributed by atoms with Crippen LogP contribution < -0.4 is 25.4 Å². The molecule has 3 N–H and O–H groups in total. The molecule has 1 fully saturated rings. The standard InChI is InChI=1S/C29H33F3N6O3/c1-2-37-13-15-38(16-14-37)19-20-4-5-22(18-24(20)29(30,31)32)36-28(39)35-21-6-8-23(9-7-21)41-25-10-12-34-27-26(25)40-17-3-11-33-27/h4-10,12,18H,2-3,11,13-17,19H2,1H3,(H,33,34)(H2,35,36,39). The number of nitrogens with zero attached hydrogens (tertiary/aromatic N) is 3. The molecule has 2 aromatic carbocycles. The SMILES string of the molecule is CCN1CCN(Cc2ccc(NC(=O)Nc3ccc(Oc4ccnc5c4OCCCN5)cc3)cc2C(F)(F)F)CC1. The Hall–Kier alpha value is -4.03. The zero-order valence-corrected chi connectivity index (χ0v) is 22.8. The number of likely N-dealkylation sites (N-methyl/N-ethyl adjacent to an activating group) is 1. The summed E-state index contributed by atoms with van der Waals surface area (Å²) in [4.78, 5) is 21.2. The molecule has 0 spiro atoms. The van der Waals surface area contributed by atoms with Crippen molar-refractivity contribution in [2.45, 2.75) is 26.1 Å². The van der Waals surface area contributed by atoms with E-state index in [1.165, 1.54) is 12.1 Å². The first-order valence-corrected chi connectivity index (χ1v) is 13.6. The van der Waals surface area contributed by atoms with Crippen molar-refractivity contribution >= 4 is 23.2 Å². The molecular weight excluding hydrogens is 537 g/mol. The van der Waals surface area contributed by atoms with Crippen LogP contribution in [0.25, 0.3) is 0 Å². The molecule has 2 aliphatic rings. The number of fused-ring (bicyclic) bond motifs is 1. The van der Waals surface area contributed by atoms with Crippen LogP contribution in [0.2, 0.25) is 0 Å². The van der Waals surface area contributed by atoms with E-state index < -0.39 is 17.8 Å². The topological polar surface area (TPSA) is 91.0 Å². The van der Waals surface area contributed by atoms with Gasteiger partial charge in [-0.15, -0.1) is 0 Å². The fraction of sp³-hybridized carbons (Fsp3) is 0.379. The lowest BCUT2D eigenvalue weighted by atomic mass is 10.0. The van der Waals surface area contributed by atoms with Gasteiger partial charge in [0.2, 0.25) is 5.75 Å². The second kappa shape index (κ2) is 12.6. The van der Waals surface area contributed by atoms with Gasteiger partial charge in [-0.1, -0.05) is 13.0 Å². The number of amides is 2. The molecule has 0 aliphatic carbocycles. The summed E-state index contributed by atoms with van der Waals surface area (Å²) in [5.41, 5.74) is -0.0549. The lowest BCUT2D eigenvalue weighted by molar-refractivity contribution is -0.138. The Kier molecular flexibility index (Phi) is 8.79. The molecule has 1 saturated heterocycles. The molecule has 0 unspecified atom stereocenters.